The molecule has 2 N–H and O–H groups in total. The lowest BCUT2D eigenvalue weighted by molar-refractivity contribution is 0.111. The standard InChI is InChI=1S/C16H12ClFN2O3/c1-8-5-20(6-9-2-3-11(18)10(17)4-9)16(23)13-14(8)19-12(7-21)15(13)22/h2-5,7,19,22H,6H2,1H3. The third-order valence-corrected chi connectivity index (χ3v) is 3.96. The molecule has 7 heteroatoms. The topological polar surface area (TPSA) is 75.1 Å². The molecule has 23 heavy (non-hydrogen) atoms. The Hall–Kier alpha value is -2.60. The van der Waals surface area contributed by atoms with Gasteiger partial charge < -0.3 is 14.7 Å². The normalized spacial score (nSPS) is 11.1. The molecule has 0 atom stereocenters. The summed E-state index contributed by atoms with van der Waals surface area (Å²) in [5.74, 6) is -0.900. The van der Waals surface area contributed by atoms with Crippen LogP contribution in [-0.2, 0) is 6.54 Å². The number of rotatable bonds is 3. The van der Waals surface area contributed by atoms with Crippen LogP contribution in [0.15, 0.2) is 29.2 Å². The van der Waals surface area contributed by atoms with E-state index in [0.29, 0.717) is 22.9 Å². The lowest BCUT2D eigenvalue weighted by atomic mass is 10.2. The number of aromatic amines is 1. The molecular weight excluding hydrogens is 323 g/mol. The number of nitrogens with one attached hydrogen (secondary N) is 1. The van der Waals surface area contributed by atoms with E-state index in [1.54, 1.807) is 13.1 Å². The van der Waals surface area contributed by atoms with E-state index in [4.69, 9.17) is 11.6 Å². The van der Waals surface area contributed by atoms with Gasteiger partial charge in [0.2, 0.25) is 0 Å². The molecule has 1 aromatic carbocycles. The van der Waals surface area contributed by atoms with Crippen LogP contribution in [0.3, 0.4) is 0 Å². The van der Waals surface area contributed by atoms with Crippen molar-refractivity contribution in [2.75, 3.05) is 0 Å². The average Bonchev–Trinajstić information content (AvgIpc) is 2.86. The van der Waals surface area contributed by atoms with Crippen molar-refractivity contribution in [3.05, 3.63) is 62.4 Å². The molecule has 3 aromatic rings. The zero-order chi connectivity index (χ0) is 16.7. The monoisotopic (exact) mass is 334 g/mol. The summed E-state index contributed by atoms with van der Waals surface area (Å²) in [5.41, 5.74) is 1.26. The molecule has 0 saturated heterocycles. The Morgan fingerprint density at radius 3 is 2.83 bits per heavy atom. The molecule has 0 fully saturated rings. The number of aldehydes is 1. The van der Waals surface area contributed by atoms with Crippen LogP contribution < -0.4 is 5.56 Å². The molecular formula is C16H12ClFN2O3. The predicted octanol–water partition coefficient (Wildman–Crippen LogP) is 3.00. The molecule has 0 bridgehead atoms. The molecule has 0 spiro atoms. The number of hydrogen-bond acceptors (Lipinski definition) is 3. The fourth-order valence-electron chi connectivity index (χ4n) is 2.55. The number of nitrogens with zero attached hydrogens (tertiary/aromatic N) is 1. The number of fused-ring (bicyclic) bond motifs is 1. The van der Waals surface area contributed by atoms with Gasteiger partial charge in [-0.3, -0.25) is 9.59 Å². The molecule has 0 aliphatic heterocycles. The number of halogens is 2. The molecule has 2 aromatic heterocycles. The predicted molar refractivity (Wildman–Crippen MR) is 84.9 cm³/mol. The number of aryl methyl sites for hydroxylation is 1. The number of H-pyrrole nitrogens is 1. The van der Waals surface area contributed by atoms with E-state index in [9.17, 15) is 19.1 Å². The number of benzene rings is 1. The third kappa shape index (κ3) is 2.51. The van der Waals surface area contributed by atoms with E-state index in [2.05, 4.69) is 4.98 Å². The summed E-state index contributed by atoms with van der Waals surface area (Å²) in [4.78, 5) is 26.2. The zero-order valence-corrected chi connectivity index (χ0v) is 12.8. The molecule has 0 aliphatic carbocycles. The number of carbonyl (C=O) groups excluding carboxylic acids is 1. The fourth-order valence-corrected chi connectivity index (χ4v) is 2.75. The smallest absolute Gasteiger partial charge is 0.264 e. The van der Waals surface area contributed by atoms with Crippen molar-refractivity contribution in [2.24, 2.45) is 0 Å². The highest BCUT2D eigenvalue weighted by Crippen LogP contribution is 2.27. The van der Waals surface area contributed by atoms with E-state index in [1.165, 1.54) is 22.8 Å². The van der Waals surface area contributed by atoms with Crippen molar-refractivity contribution in [2.45, 2.75) is 13.5 Å². The van der Waals surface area contributed by atoms with Crippen molar-refractivity contribution < 1.29 is 14.3 Å². The Bertz CT molecular complexity index is 991. The van der Waals surface area contributed by atoms with E-state index >= 15 is 0 Å². The fraction of sp³-hybridized carbons (Fsp3) is 0.125. The minimum Gasteiger partial charge on any atom is -0.505 e. The minimum absolute atomic E-state index is 0.0268. The summed E-state index contributed by atoms with van der Waals surface area (Å²) in [6.45, 7) is 1.91. The summed E-state index contributed by atoms with van der Waals surface area (Å²) < 4.78 is 14.6. The second-order valence-electron chi connectivity index (χ2n) is 5.25. The van der Waals surface area contributed by atoms with Gasteiger partial charge in [0.15, 0.2) is 12.0 Å². The number of hydrogen-bond donors (Lipinski definition) is 2. The first-order chi connectivity index (χ1) is 10.9. The van der Waals surface area contributed by atoms with Crippen LogP contribution in [0.5, 0.6) is 5.75 Å². The van der Waals surface area contributed by atoms with Crippen molar-refractivity contribution in [3.8, 4) is 5.75 Å². The Balaban J connectivity index is 2.16. The molecule has 0 amide bonds. The second-order valence-corrected chi connectivity index (χ2v) is 5.66. The van der Waals surface area contributed by atoms with Crippen LogP contribution in [0.1, 0.15) is 21.6 Å². The molecule has 0 radical (unpaired) electrons. The largest absolute Gasteiger partial charge is 0.505 e. The van der Waals surface area contributed by atoms with Crippen molar-refractivity contribution in [1.29, 1.82) is 0 Å². The van der Waals surface area contributed by atoms with Crippen LogP contribution in [0.4, 0.5) is 4.39 Å². The Morgan fingerprint density at radius 2 is 2.17 bits per heavy atom. The lowest BCUT2D eigenvalue weighted by Gasteiger charge is -2.09. The number of aromatic nitrogens is 2. The van der Waals surface area contributed by atoms with Crippen molar-refractivity contribution in [1.82, 2.24) is 9.55 Å². The number of aromatic hydroxyl groups is 1. The maximum Gasteiger partial charge on any atom is 0.264 e. The first kappa shape index (κ1) is 15.3. The van der Waals surface area contributed by atoms with Crippen molar-refractivity contribution in [3.63, 3.8) is 0 Å². The van der Waals surface area contributed by atoms with Gasteiger partial charge in [-0.05, 0) is 30.2 Å². The van der Waals surface area contributed by atoms with Crippen LogP contribution in [0.2, 0.25) is 5.02 Å². The molecule has 2 heterocycles. The highest BCUT2D eigenvalue weighted by atomic mass is 35.5. The Morgan fingerprint density at radius 1 is 1.43 bits per heavy atom. The quantitative estimate of drug-likeness (QED) is 0.723. The summed E-state index contributed by atoms with van der Waals surface area (Å²) >= 11 is 5.75. The van der Waals surface area contributed by atoms with Gasteiger partial charge in [0.25, 0.3) is 5.56 Å². The second kappa shape index (κ2) is 5.55. The van der Waals surface area contributed by atoms with E-state index < -0.39 is 11.4 Å². The average molecular weight is 335 g/mol. The van der Waals surface area contributed by atoms with Crippen LogP contribution in [0.25, 0.3) is 10.9 Å². The van der Waals surface area contributed by atoms with Gasteiger partial charge in [-0.25, -0.2) is 4.39 Å². The maximum atomic E-state index is 13.2. The molecule has 3 rings (SSSR count). The molecule has 0 aliphatic rings. The highest BCUT2D eigenvalue weighted by molar-refractivity contribution is 6.30. The summed E-state index contributed by atoms with van der Waals surface area (Å²) in [5, 5.41) is 10.0. The van der Waals surface area contributed by atoms with Gasteiger partial charge in [-0.2, -0.15) is 0 Å². The number of pyridine rings is 1. The first-order valence-electron chi connectivity index (χ1n) is 6.76. The maximum absolute atomic E-state index is 13.2. The van der Waals surface area contributed by atoms with Crippen LogP contribution >= 0.6 is 11.6 Å². The number of carbonyl (C=O) groups is 1. The molecule has 0 unspecified atom stereocenters. The van der Waals surface area contributed by atoms with Gasteiger partial charge in [0.05, 0.1) is 17.1 Å². The summed E-state index contributed by atoms with van der Waals surface area (Å²) in [7, 11) is 0. The molecule has 5 nitrogen and oxygen atoms in total. The van der Waals surface area contributed by atoms with Crippen LogP contribution in [-0.4, -0.2) is 20.9 Å². The molecule has 0 saturated carbocycles. The van der Waals surface area contributed by atoms with Gasteiger partial charge in [0, 0.05) is 6.20 Å². The summed E-state index contributed by atoms with van der Waals surface area (Å²) in [6, 6.07) is 4.20. The Labute approximate surface area is 134 Å². The highest BCUT2D eigenvalue weighted by Gasteiger charge is 2.17. The third-order valence-electron chi connectivity index (χ3n) is 3.67. The SMILES string of the molecule is Cc1cn(Cc2ccc(F)c(Cl)c2)c(=O)c2c(O)c(C=O)[nH]c12. The van der Waals surface area contributed by atoms with E-state index in [-0.39, 0.29) is 28.4 Å². The van der Waals surface area contributed by atoms with Crippen molar-refractivity contribution >= 4 is 28.8 Å². The van der Waals surface area contributed by atoms with Crippen LogP contribution in [0, 0.1) is 12.7 Å². The summed E-state index contributed by atoms with van der Waals surface area (Å²) in [6.07, 6.45) is 2.06. The molecule has 118 valence electrons. The lowest BCUT2D eigenvalue weighted by Crippen LogP contribution is -2.20. The first-order valence-corrected chi connectivity index (χ1v) is 7.14. The van der Waals surface area contributed by atoms with E-state index in [1.807, 2.05) is 0 Å². The van der Waals surface area contributed by atoms with Gasteiger partial charge >= 0.3 is 0 Å². The van der Waals surface area contributed by atoms with Gasteiger partial charge in [0.1, 0.15) is 16.9 Å². The van der Waals surface area contributed by atoms with E-state index in [0.717, 1.165) is 0 Å². The Kier molecular flexibility index (Phi) is 3.69. The minimum atomic E-state index is -0.534. The van der Waals surface area contributed by atoms with Gasteiger partial charge in [-0.1, -0.05) is 17.7 Å². The van der Waals surface area contributed by atoms with Gasteiger partial charge in [-0.15, -0.1) is 0 Å². The zero-order valence-electron chi connectivity index (χ0n) is 12.1.